The summed E-state index contributed by atoms with van der Waals surface area (Å²) in [6, 6.07) is 11.2. The first-order valence-electron chi connectivity index (χ1n) is 8.78. The van der Waals surface area contributed by atoms with E-state index in [-0.39, 0.29) is 27.3 Å². The van der Waals surface area contributed by atoms with Gasteiger partial charge in [0.15, 0.2) is 19.7 Å². The summed E-state index contributed by atoms with van der Waals surface area (Å²) in [4.78, 5) is 12.6. The number of benzene rings is 2. The summed E-state index contributed by atoms with van der Waals surface area (Å²) in [6.07, 6.45) is 1.10. The van der Waals surface area contributed by atoms with E-state index in [0.29, 0.717) is 5.56 Å². The average molecular weight is 450 g/mol. The molecule has 0 fully saturated rings. The molecule has 0 bridgehead atoms. The second-order valence-electron chi connectivity index (χ2n) is 6.78. The van der Waals surface area contributed by atoms with E-state index in [1.54, 1.807) is 13.8 Å². The molecule has 3 aromatic rings. The second-order valence-corrected chi connectivity index (χ2v) is 11.3. The highest BCUT2D eigenvalue weighted by atomic mass is 32.2. The Labute approximate surface area is 174 Å². The topological polar surface area (TPSA) is 136 Å². The van der Waals surface area contributed by atoms with Crippen LogP contribution in [0.5, 0.6) is 0 Å². The molecule has 0 atom stereocenters. The van der Waals surface area contributed by atoms with Gasteiger partial charge in [0.25, 0.3) is 5.91 Å². The Morgan fingerprint density at radius 2 is 1.47 bits per heavy atom. The van der Waals surface area contributed by atoms with Gasteiger partial charge in [0, 0.05) is 17.4 Å². The molecule has 0 saturated carbocycles. The number of amides is 1. The van der Waals surface area contributed by atoms with Crippen LogP contribution in [0.2, 0.25) is 0 Å². The van der Waals surface area contributed by atoms with Crippen molar-refractivity contribution < 1.29 is 26.0 Å². The Bertz CT molecular complexity index is 1280. The van der Waals surface area contributed by atoms with Gasteiger partial charge in [-0.3, -0.25) is 10.1 Å². The van der Waals surface area contributed by atoms with Gasteiger partial charge in [0.2, 0.25) is 5.89 Å². The summed E-state index contributed by atoms with van der Waals surface area (Å²) in [5, 5.41) is 9.45. The third-order valence-corrected chi connectivity index (χ3v) is 7.54. The Morgan fingerprint density at radius 1 is 0.900 bits per heavy atom. The predicted molar refractivity (Wildman–Crippen MR) is 110 cm³/mol. The van der Waals surface area contributed by atoms with E-state index < -0.39 is 30.8 Å². The highest BCUT2D eigenvalue weighted by Gasteiger charge is 2.20. The fourth-order valence-corrected chi connectivity index (χ4v) is 4.16. The van der Waals surface area contributed by atoms with Crippen LogP contribution in [0.4, 0.5) is 6.01 Å². The van der Waals surface area contributed by atoms with Crippen LogP contribution in [-0.2, 0) is 19.7 Å². The number of sulfone groups is 2. The molecule has 0 aliphatic carbocycles. The first-order valence-corrected chi connectivity index (χ1v) is 12.2. The zero-order valence-electron chi connectivity index (χ0n) is 16.4. The Kier molecular flexibility index (Phi) is 5.77. The number of rotatable bonds is 6. The number of aromatic nitrogens is 2. The summed E-state index contributed by atoms with van der Waals surface area (Å²) in [5.74, 6) is -0.449. The monoisotopic (exact) mass is 449 g/mol. The van der Waals surface area contributed by atoms with Crippen LogP contribution in [-0.4, -0.2) is 44.4 Å². The quantitative estimate of drug-likeness (QED) is 0.606. The van der Waals surface area contributed by atoms with E-state index in [0.717, 1.165) is 6.26 Å². The van der Waals surface area contributed by atoms with Crippen molar-refractivity contribution in [2.75, 3.05) is 11.6 Å². The highest BCUT2D eigenvalue weighted by molar-refractivity contribution is 7.92. The van der Waals surface area contributed by atoms with Gasteiger partial charge in [0.05, 0.1) is 15.0 Å². The summed E-state index contributed by atoms with van der Waals surface area (Å²) in [7, 11) is -6.75. The van der Waals surface area contributed by atoms with E-state index in [4.69, 9.17) is 4.42 Å². The van der Waals surface area contributed by atoms with E-state index >= 15 is 0 Å². The van der Waals surface area contributed by atoms with Gasteiger partial charge in [-0.25, -0.2) is 16.8 Å². The Hall–Kier alpha value is -3.05. The molecule has 3 rings (SSSR count). The predicted octanol–water partition coefficient (Wildman–Crippen LogP) is 2.57. The molecule has 2 aromatic carbocycles. The van der Waals surface area contributed by atoms with Gasteiger partial charge in [-0.2, -0.15) is 0 Å². The van der Waals surface area contributed by atoms with Crippen LogP contribution in [0.25, 0.3) is 11.5 Å². The normalized spacial score (nSPS) is 12.1. The van der Waals surface area contributed by atoms with Crippen molar-refractivity contribution in [3.05, 3.63) is 54.1 Å². The number of hydrogen-bond acceptors (Lipinski definition) is 8. The van der Waals surface area contributed by atoms with Crippen LogP contribution < -0.4 is 5.32 Å². The van der Waals surface area contributed by atoms with Crippen LogP contribution in [0, 0.1) is 0 Å². The van der Waals surface area contributed by atoms with Crippen molar-refractivity contribution in [3.8, 4) is 11.5 Å². The summed E-state index contributed by atoms with van der Waals surface area (Å²) in [6.45, 7) is 3.16. The zero-order chi connectivity index (χ0) is 22.1. The van der Waals surface area contributed by atoms with Crippen molar-refractivity contribution in [1.29, 1.82) is 0 Å². The zero-order valence-corrected chi connectivity index (χ0v) is 18.0. The average Bonchev–Trinajstić information content (AvgIpc) is 3.16. The standard InChI is InChI=1S/C19H19N3O6S2/c1-12(2)30(26,27)16-10-4-13(5-11-16)17(23)20-19-22-21-18(28-19)14-6-8-15(9-7-14)29(3,24)25/h4-12H,1-3H3,(H,20,22,23). The molecule has 30 heavy (non-hydrogen) atoms. The molecule has 0 aliphatic rings. The highest BCUT2D eigenvalue weighted by Crippen LogP contribution is 2.22. The molecule has 0 unspecified atom stereocenters. The molecule has 0 aliphatic heterocycles. The van der Waals surface area contributed by atoms with E-state index in [1.807, 2.05) is 0 Å². The van der Waals surface area contributed by atoms with E-state index in [2.05, 4.69) is 15.5 Å². The van der Waals surface area contributed by atoms with Gasteiger partial charge in [-0.05, 0) is 62.4 Å². The lowest BCUT2D eigenvalue weighted by molar-refractivity contribution is 0.102. The third kappa shape index (κ3) is 4.57. The smallest absolute Gasteiger partial charge is 0.322 e. The number of nitrogens with zero attached hydrogens (tertiary/aromatic N) is 2. The van der Waals surface area contributed by atoms with Gasteiger partial charge in [0.1, 0.15) is 0 Å². The first kappa shape index (κ1) is 21.7. The number of carbonyl (C=O) groups excluding carboxylic acids is 1. The minimum absolute atomic E-state index is 0.101. The minimum atomic E-state index is -3.43. The molecule has 11 heteroatoms. The summed E-state index contributed by atoms with van der Waals surface area (Å²) in [5.41, 5.74) is 0.702. The van der Waals surface area contributed by atoms with Crippen molar-refractivity contribution in [2.45, 2.75) is 28.9 Å². The molecular weight excluding hydrogens is 430 g/mol. The molecule has 0 saturated heterocycles. The lowest BCUT2D eigenvalue weighted by Crippen LogP contribution is -2.15. The fourth-order valence-electron chi connectivity index (χ4n) is 2.47. The molecule has 158 valence electrons. The summed E-state index contributed by atoms with van der Waals surface area (Å²) < 4.78 is 52.7. The fraction of sp³-hybridized carbons (Fsp3) is 0.211. The van der Waals surface area contributed by atoms with Crippen molar-refractivity contribution >= 4 is 31.6 Å². The van der Waals surface area contributed by atoms with Crippen molar-refractivity contribution in [2.24, 2.45) is 0 Å². The minimum Gasteiger partial charge on any atom is -0.403 e. The lowest BCUT2D eigenvalue weighted by Gasteiger charge is -2.08. The van der Waals surface area contributed by atoms with Crippen LogP contribution in [0.1, 0.15) is 24.2 Å². The molecule has 9 nitrogen and oxygen atoms in total. The number of carbonyl (C=O) groups is 1. The van der Waals surface area contributed by atoms with Gasteiger partial charge >= 0.3 is 6.01 Å². The SMILES string of the molecule is CC(C)S(=O)(=O)c1ccc(C(=O)Nc2nnc(-c3ccc(S(C)(=O)=O)cc3)o2)cc1. The Morgan fingerprint density at radius 3 is 2.00 bits per heavy atom. The molecule has 1 aromatic heterocycles. The van der Waals surface area contributed by atoms with Crippen LogP contribution in [0.15, 0.2) is 62.7 Å². The van der Waals surface area contributed by atoms with Gasteiger partial charge in [-0.1, -0.05) is 5.10 Å². The van der Waals surface area contributed by atoms with E-state index in [1.165, 1.54) is 48.5 Å². The molecule has 1 heterocycles. The number of anilines is 1. The lowest BCUT2D eigenvalue weighted by atomic mass is 10.2. The molecule has 1 N–H and O–H groups in total. The largest absolute Gasteiger partial charge is 0.403 e. The first-order chi connectivity index (χ1) is 14.0. The van der Waals surface area contributed by atoms with Gasteiger partial charge in [-0.15, -0.1) is 5.10 Å². The van der Waals surface area contributed by atoms with Crippen molar-refractivity contribution in [3.63, 3.8) is 0 Å². The maximum absolute atomic E-state index is 12.4. The molecule has 0 spiro atoms. The Balaban J connectivity index is 1.74. The maximum Gasteiger partial charge on any atom is 0.322 e. The summed E-state index contributed by atoms with van der Waals surface area (Å²) >= 11 is 0. The van der Waals surface area contributed by atoms with Crippen LogP contribution in [0.3, 0.4) is 0 Å². The van der Waals surface area contributed by atoms with Gasteiger partial charge < -0.3 is 4.42 Å². The third-order valence-electron chi connectivity index (χ3n) is 4.24. The molecule has 1 amide bonds. The van der Waals surface area contributed by atoms with Crippen molar-refractivity contribution in [1.82, 2.24) is 10.2 Å². The maximum atomic E-state index is 12.4. The molecular formula is C19H19N3O6S2. The van der Waals surface area contributed by atoms with E-state index in [9.17, 15) is 21.6 Å². The number of nitrogens with one attached hydrogen (secondary N) is 1. The van der Waals surface area contributed by atoms with Crippen LogP contribution >= 0.6 is 0 Å². The molecule has 0 radical (unpaired) electrons. The second kappa shape index (κ2) is 8.00. The number of hydrogen-bond donors (Lipinski definition) is 1.